The lowest BCUT2D eigenvalue weighted by Crippen LogP contribution is -2.41. The molecule has 256 valence electrons. The van der Waals surface area contributed by atoms with Crippen molar-refractivity contribution in [1.82, 2.24) is 20.4 Å². The molecule has 0 aliphatic carbocycles. The van der Waals surface area contributed by atoms with Crippen molar-refractivity contribution in [3.05, 3.63) is 11.6 Å². The van der Waals surface area contributed by atoms with E-state index >= 15 is 0 Å². The molecule has 2 rings (SSSR count). The number of rotatable bonds is 24. The first-order valence-electron chi connectivity index (χ1n) is 15.8. The Morgan fingerprint density at radius 2 is 1.42 bits per heavy atom. The van der Waals surface area contributed by atoms with Gasteiger partial charge in [-0.1, -0.05) is 26.8 Å². The summed E-state index contributed by atoms with van der Waals surface area (Å²) in [5.41, 5.74) is -0.235. The van der Waals surface area contributed by atoms with Crippen LogP contribution in [0.25, 0.3) is 0 Å². The van der Waals surface area contributed by atoms with E-state index in [0.717, 1.165) is 19.6 Å². The third-order valence-electron chi connectivity index (χ3n) is 7.36. The Hall–Kier alpha value is -2.64. The number of carbonyl (C=O) groups excluding carboxylic acids is 3. The molecule has 2 N–H and O–H groups in total. The van der Waals surface area contributed by atoms with Gasteiger partial charge in [-0.25, -0.2) is 0 Å². The molecular weight excluding hydrogens is 586 g/mol. The van der Waals surface area contributed by atoms with Crippen LogP contribution >= 0.6 is 0 Å². The Bertz CT molecular complexity index is 937. The second-order valence-corrected chi connectivity index (χ2v) is 11.8. The van der Waals surface area contributed by atoms with Crippen LogP contribution in [0.1, 0.15) is 20.8 Å². The van der Waals surface area contributed by atoms with E-state index in [0.29, 0.717) is 105 Å². The van der Waals surface area contributed by atoms with Crippen molar-refractivity contribution in [2.45, 2.75) is 20.8 Å². The fourth-order valence-corrected chi connectivity index (χ4v) is 5.11. The van der Waals surface area contributed by atoms with Crippen molar-refractivity contribution in [1.29, 1.82) is 5.26 Å². The van der Waals surface area contributed by atoms with E-state index in [9.17, 15) is 19.6 Å². The third kappa shape index (κ3) is 16.5. The van der Waals surface area contributed by atoms with Gasteiger partial charge in [-0.3, -0.25) is 19.3 Å². The zero-order valence-corrected chi connectivity index (χ0v) is 27.3. The standard InChI is InChI=1S/C31H53N5O9/c1-26-22-36(30(39)27(21-32)20-31(2,3)24-35-6-10-42-11-7-35)23-28(26)29(38)34-5-9-41-13-15-44-17-19-45-18-16-43-14-12-40-8-4-33-25-37/h20,25-26,28H,4-19,22-24H2,1-3H3,(H,33,37)(H,34,38)/b27-20+/t26-,28-/m1/s1. The van der Waals surface area contributed by atoms with E-state index in [1.54, 1.807) is 11.0 Å². The highest BCUT2D eigenvalue weighted by molar-refractivity contribution is 5.98. The molecule has 0 unspecified atom stereocenters. The van der Waals surface area contributed by atoms with Gasteiger partial charge in [-0.05, 0) is 11.3 Å². The first-order chi connectivity index (χ1) is 21.8. The Morgan fingerprint density at radius 3 is 1.96 bits per heavy atom. The van der Waals surface area contributed by atoms with Gasteiger partial charge in [-0.15, -0.1) is 0 Å². The van der Waals surface area contributed by atoms with Gasteiger partial charge in [0.05, 0.1) is 85.2 Å². The van der Waals surface area contributed by atoms with Gasteiger partial charge in [0.25, 0.3) is 5.91 Å². The summed E-state index contributed by atoms with van der Waals surface area (Å²) < 4.78 is 32.5. The third-order valence-corrected chi connectivity index (χ3v) is 7.36. The topological polar surface area (TPSA) is 161 Å². The molecule has 2 saturated heterocycles. The lowest BCUT2D eigenvalue weighted by atomic mass is 9.89. The maximum absolute atomic E-state index is 13.2. The van der Waals surface area contributed by atoms with Crippen molar-refractivity contribution >= 4 is 18.2 Å². The van der Waals surface area contributed by atoms with Crippen LogP contribution in [0.2, 0.25) is 0 Å². The average Bonchev–Trinajstić information content (AvgIpc) is 3.42. The number of morpholine rings is 1. The summed E-state index contributed by atoms with van der Waals surface area (Å²) in [6, 6.07) is 2.10. The van der Waals surface area contributed by atoms with Crippen LogP contribution in [-0.2, 0) is 42.8 Å². The minimum Gasteiger partial charge on any atom is -0.379 e. The smallest absolute Gasteiger partial charge is 0.264 e. The molecule has 2 aliphatic heterocycles. The SMILES string of the molecule is C[C@@H]1CN(C(=O)/C(C#N)=C/C(C)(C)CN2CCOCC2)C[C@H]1C(=O)NCCOCCOCCOCCOCCOCCNC=O. The summed E-state index contributed by atoms with van der Waals surface area (Å²) in [5, 5.41) is 15.2. The number of nitrogens with one attached hydrogen (secondary N) is 2. The van der Waals surface area contributed by atoms with Gasteiger partial charge in [0.1, 0.15) is 11.6 Å². The summed E-state index contributed by atoms with van der Waals surface area (Å²) in [6.07, 6.45) is 2.41. The molecule has 2 fully saturated rings. The molecule has 0 spiro atoms. The largest absolute Gasteiger partial charge is 0.379 e. The van der Waals surface area contributed by atoms with E-state index in [2.05, 4.69) is 21.6 Å². The van der Waals surface area contributed by atoms with Gasteiger partial charge >= 0.3 is 0 Å². The highest BCUT2D eigenvalue weighted by Crippen LogP contribution is 2.27. The van der Waals surface area contributed by atoms with Crippen molar-refractivity contribution in [3.63, 3.8) is 0 Å². The quantitative estimate of drug-likeness (QED) is 0.0625. The number of amides is 3. The van der Waals surface area contributed by atoms with Gasteiger partial charge < -0.3 is 44.0 Å². The van der Waals surface area contributed by atoms with Gasteiger partial charge in [-0.2, -0.15) is 5.26 Å². The predicted molar refractivity (Wildman–Crippen MR) is 165 cm³/mol. The highest BCUT2D eigenvalue weighted by atomic mass is 16.6. The lowest BCUT2D eigenvalue weighted by Gasteiger charge is -2.33. The second-order valence-electron chi connectivity index (χ2n) is 11.8. The highest BCUT2D eigenvalue weighted by Gasteiger charge is 2.38. The molecule has 2 aliphatic rings. The Labute approximate surface area is 267 Å². The van der Waals surface area contributed by atoms with E-state index in [4.69, 9.17) is 28.4 Å². The van der Waals surface area contributed by atoms with E-state index < -0.39 is 0 Å². The summed E-state index contributed by atoms with van der Waals surface area (Å²) >= 11 is 0. The minimum atomic E-state index is -0.358. The van der Waals surface area contributed by atoms with Crippen LogP contribution in [0.15, 0.2) is 11.6 Å². The van der Waals surface area contributed by atoms with Crippen molar-refractivity contribution in [2.75, 3.05) is 125 Å². The first-order valence-corrected chi connectivity index (χ1v) is 15.8. The van der Waals surface area contributed by atoms with E-state index in [1.807, 2.05) is 20.8 Å². The molecule has 0 saturated carbocycles. The number of hydrogen-bond acceptors (Lipinski definition) is 11. The van der Waals surface area contributed by atoms with Crippen molar-refractivity contribution in [3.8, 4) is 6.07 Å². The molecule has 45 heavy (non-hydrogen) atoms. The lowest BCUT2D eigenvalue weighted by molar-refractivity contribution is -0.127. The molecule has 0 aromatic rings. The van der Waals surface area contributed by atoms with Crippen LogP contribution in [0.3, 0.4) is 0 Å². The number of carbonyl (C=O) groups is 3. The molecule has 14 nitrogen and oxygen atoms in total. The summed E-state index contributed by atoms with van der Waals surface area (Å²) in [7, 11) is 0. The van der Waals surface area contributed by atoms with Crippen LogP contribution in [0, 0.1) is 28.6 Å². The molecule has 3 amide bonds. The van der Waals surface area contributed by atoms with E-state index in [1.165, 1.54) is 0 Å². The fraction of sp³-hybridized carbons (Fsp3) is 0.806. The molecule has 0 radical (unpaired) electrons. The van der Waals surface area contributed by atoms with Crippen molar-refractivity contribution in [2.24, 2.45) is 17.3 Å². The van der Waals surface area contributed by atoms with Gasteiger partial charge in [0, 0.05) is 45.8 Å². The van der Waals surface area contributed by atoms with Crippen LogP contribution in [0.4, 0.5) is 0 Å². The number of hydrogen-bond donors (Lipinski definition) is 2. The summed E-state index contributed by atoms with van der Waals surface area (Å²) in [6.45, 7) is 15.7. The van der Waals surface area contributed by atoms with Crippen LogP contribution in [0.5, 0.6) is 0 Å². The van der Waals surface area contributed by atoms with Gasteiger partial charge in [0.15, 0.2) is 0 Å². The van der Waals surface area contributed by atoms with Crippen LogP contribution in [-0.4, -0.2) is 153 Å². The monoisotopic (exact) mass is 639 g/mol. The molecule has 2 atom stereocenters. The molecule has 0 aromatic carbocycles. The second kappa shape index (κ2) is 22.8. The molecule has 0 bridgehead atoms. The molecule has 14 heteroatoms. The number of nitriles is 1. The maximum atomic E-state index is 13.2. The summed E-state index contributed by atoms with van der Waals surface area (Å²) in [5.74, 6) is -0.794. The minimum absolute atomic E-state index is 0.0185. The van der Waals surface area contributed by atoms with Crippen molar-refractivity contribution < 1.29 is 42.8 Å². The average molecular weight is 640 g/mol. The Morgan fingerprint density at radius 1 is 0.889 bits per heavy atom. The molecule has 0 aromatic heterocycles. The Balaban J connectivity index is 1.51. The first kappa shape index (κ1) is 38.5. The fourth-order valence-electron chi connectivity index (χ4n) is 5.11. The van der Waals surface area contributed by atoms with Crippen LogP contribution < -0.4 is 10.6 Å². The molecule has 2 heterocycles. The predicted octanol–water partition coefficient (Wildman–Crippen LogP) is -0.166. The summed E-state index contributed by atoms with van der Waals surface area (Å²) in [4.78, 5) is 40.0. The Kier molecular flexibility index (Phi) is 19.5. The van der Waals surface area contributed by atoms with Gasteiger partial charge in [0.2, 0.25) is 12.3 Å². The number of ether oxygens (including phenoxy) is 6. The zero-order valence-electron chi connectivity index (χ0n) is 27.3. The number of nitrogens with zero attached hydrogens (tertiary/aromatic N) is 3. The molecular formula is C31H53N5O9. The maximum Gasteiger partial charge on any atom is 0.264 e. The van der Waals surface area contributed by atoms with E-state index in [-0.39, 0.29) is 41.2 Å². The zero-order chi connectivity index (χ0) is 32.8. The normalized spacial score (nSPS) is 19.3. The number of likely N-dealkylation sites (tertiary alicyclic amines) is 1.